The smallest absolute Gasteiger partial charge is 0.178 e. The van der Waals surface area contributed by atoms with Gasteiger partial charge in [0.1, 0.15) is 12.4 Å². The summed E-state index contributed by atoms with van der Waals surface area (Å²) in [5.41, 5.74) is 6.81. The van der Waals surface area contributed by atoms with E-state index in [1.54, 1.807) is 24.3 Å². The molecule has 3 aliphatic carbocycles. The Morgan fingerprint density at radius 1 is 1.23 bits per heavy atom. The van der Waals surface area contributed by atoms with Gasteiger partial charge in [-0.3, -0.25) is 0 Å². The van der Waals surface area contributed by atoms with E-state index in [1.165, 1.54) is 19.3 Å². The quantitative estimate of drug-likeness (QED) is 0.559. The van der Waals surface area contributed by atoms with Crippen LogP contribution in [0.15, 0.2) is 53.3 Å². The van der Waals surface area contributed by atoms with Crippen LogP contribution < -0.4 is 15.8 Å². The lowest BCUT2D eigenvalue weighted by Gasteiger charge is -2.36. The average molecular weight is 449 g/mol. The second-order valence-electron chi connectivity index (χ2n) is 9.70. The molecule has 3 aliphatic rings. The zero-order valence-corrected chi connectivity index (χ0v) is 18.9. The molecule has 0 spiro atoms. The van der Waals surface area contributed by atoms with E-state index < -0.39 is 9.84 Å². The van der Waals surface area contributed by atoms with Gasteiger partial charge in [-0.15, -0.1) is 0 Å². The Hall–Kier alpha value is -1.86. The Morgan fingerprint density at radius 3 is 2.45 bits per heavy atom. The number of halogens is 1. The number of hydrogen-bond acceptors (Lipinski definition) is 5. The van der Waals surface area contributed by atoms with Gasteiger partial charge in [-0.2, -0.15) is 0 Å². The molecular formula is C24H33FN2O3S. The molecule has 3 saturated carbocycles. The summed E-state index contributed by atoms with van der Waals surface area (Å²) in [6, 6.07) is 6.96. The largest absolute Gasteiger partial charge is 0.489 e. The third-order valence-electron chi connectivity index (χ3n) is 7.62. The van der Waals surface area contributed by atoms with Gasteiger partial charge in [0.15, 0.2) is 9.84 Å². The third-order valence-corrected chi connectivity index (χ3v) is 9.61. The molecule has 0 heterocycles. The van der Waals surface area contributed by atoms with Crippen molar-refractivity contribution in [2.75, 3.05) is 18.9 Å². The van der Waals surface area contributed by atoms with E-state index in [-0.39, 0.29) is 29.7 Å². The van der Waals surface area contributed by atoms with Crippen LogP contribution in [0, 0.1) is 10.8 Å². The minimum Gasteiger partial charge on any atom is -0.489 e. The predicted octanol–water partition coefficient (Wildman–Crippen LogP) is 4.26. The fourth-order valence-electron chi connectivity index (χ4n) is 5.43. The number of allylic oxidation sites excluding steroid dienone is 1. The van der Waals surface area contributed by atoms with Gasteiger partial charge >= 0.3 is 0 Å². The first-order valence-electron chi connectivity index (χ1n) is 11.2. The highest BCUT2D eigenvalue weighted by atomic mass is 32.2. The van der Waals surface area contributed by atoms with Gasteiger partial charge in [-0.1, -0.05) is 6.58 Å². The molecule has 3 N–H and O–H groups in total. The van der Waals surface area contributed by atoms with Gasteiger partial charge in [-0.25, -0.2) is 12.8 Å². The summed E-state index contributed by atoms with van der Waals surface area (Å²) < 4.78 is 44.5. The number of ether oxygens (including phenoxy) is 1. The minimum absolute atomic E-state index is 0.0447. The minimum atomic E-state index is -3.41. The molecule has 4 rings (SSSR count). The molecule has 3 fully saturated rings. The predicted molar refractivity (Wildman–Crippen MR) is 120 cm³/mol. The van der Waals surface area contributed by atoms with Gasteiger partial charge in [0.05, 0.1) is 17.0 Å². The molecule has 1 aromatic carbocycles. The maximum Gasteiger partial charge on any atom is 0.178 e. The van der Waals surface area contributed by atoms with Crippen LogP contribution in [0.4, 0.5) is 4.39 Å². The van der Waals surface area contributed by atoms with Crippen LogP contribution in [-0.2, 0) is 9.84 Å². The van der Waals surface area contributed by atoms with E-state index in [2.05, 4.69) is 11.9 Å². The number of hydrogen-bond donors (Lipinski definition) is 2. The third kappa shape index (κ3) is 4.53. The summed E-state index contributed by atoms with van der Waals surface area (Å²) in [4.78, 5) is 0.310. The second-order valence-corrected chi connectivity index (χ2v) is 11.7. The van der Waals surface area contributed by atoms with Crippen LogP contribution in [0.2, 0.25) is 0 Å². The van der Waals surface area contributed by atoms with E-state index in [0.717, 1.165) is 37.8 Å². The zero-order valence-electron chi connectivity index (χ0n) is 18.0. The van der Waals surface area contributed by atoms with E-state index in [0.29, 0.717) is 28.6 Å². The monoisotopic (exact) mass is 448 g/mol. The van der Waals surface area contributed by atoms with E-state index in [9.17, 15) is 12.8 Å². The molecule has 0 unspecified atom stereocenters. The Kier molecular flexibility index (Phi) is 6.19. The SMILES string of the molecule is C=C(NC1CCC1)C12CCC(CS(=O)(=O)c3ccc(OC/C(=C/F)CN)cc3)(CC1)C2. The highest BCUT2D eigenvalue weighted by molar-refractivity contribution is 7.91. The van der Waals surface area contributed by atoms with Crippen LogP contribution >= 0.6 is 0 Å². The van der Waals surface area contributed by atoms with Gasteiger partial charge in [0, 0.05) is 29.3 Å². The number of rotatable bonds is 10. The van der Waals surface area contributed by atoms with Crippen LogP contribution in [0.1, 0.15) is 51.4 Å². The topological polar surface area (TPSA) is 81.4 Å². The van der Waals surface area contributed by atoms with Crippen molar-refractivity contribution >= 4 is 9.84 Å². The molecule has 0 aromatic heterocycles. The van der Waals surface area contributed by atoms with Gasteiger partial charge in [-0.05, 0) is 81.0 Å². The molecule has 0 amide bonds. The van der Waals surface area contributed by atoms with Gasteiger partial charge in [0.2, 0.25) is 0 Å². The number of benzene rings is 1. The van der Waals surface area contributed by atoms with Crippen LogP contribution in [-0.4, -0.2) is 33.4 Å². The number of sulfone groups is 1. The summed E-state index contributed by atoms with van der Waals surface area (Å²) in [5.74, 6) is 0.671. The summed E-state index contributed by atoms with van der Waals surface area (Å²) in [5, 5.41) is 3.63. The van der Waals surface area contributed by atoms with Crippen LogP contribution in [0.5, 0.6) is 5.75 Å². The number of nitrogens with one attached hydrogen (secondary N) is 1. The fourth-order valence-corrected chi connectivity index (χ4v) is 7.34. The molecule has 31 heavy (non-hydrogen) atoms. The summed E-state index contributed by atoms with van der Waals surface area (Å²) in [6.07, 6.45) is 9.00. The first-order valence-corrected chi connectivity index (χ1v) is 12.8. The summed E-state index contributed by atoms with van der Waals surface area (Å²) in [6.45, 7) is 4.48. The van der Waals surface area contributed by atoms with Gasteiger partial charge in [0.25, 0.3) is 0 Å². The fraction of sp³-hybridized carbons (Fsp3) is 0.583. The Bertz CT molecular complexity index is 944. The van der Waals surface area contributed by atoms with Crippen molar-refractivity contribution in [3.63, 3.8) is 0 Å². The molecule has 7 heteroatoms. The van der Waals surface area contributed by atoms with Crippen molar-refractivity contribution < 1.29 is 17.5 Å². The van der Waals surface area contributed by atoms with Crippen LogP contribution in [0.3, 0.4) is 0 Å². The van der Waals surface area contributed by atoms with Crippen molar-refractivity contribution in [3.05, 3.63) is 48.4 Å². The molecular weight excluding hydrogens is 415 g/mol. The summed E-state index contributed by atoms with van der Waals surface area (Å²) >= 11 is 0. The highest BCUT2D eigenvalue weighted by Gasteiger charge is 2.57. The van der Waals surface area contributed by atoms with E-state index >= 15 is 0 Å². The second kappa shape index (κ2) is 8.58. The number of nitrogens with two attached hydrogens (primary N) is 1. The lowest BCUT2D eigenvalue weighted by molar-refractivity contribution is 0.285. The average Bonchev–Trinajstić information content (AvgIpc) is 3.28. The number of fused-ring (bicyclic) bond motifs is 2. The molecule has 0 aliphatic heterocycles. The molecule has 0 atom stereocenters. The maximum absolute atomic E-state index is 13.2. The molecule has 0 saturated heterocycles. The van der Waals surface area contributed by atoms with Crippen molar-refractivity contribution in [2.45, 2.75) is 62.3 Å². The van der Waals surface area contributed by atoms with Crippen molar-refractivity contribution in [1.29, 1.82) is 0 Å². The lowest BCUT2D eigenvalue weighted by Crippen LogP contribution is -2.39. The first-order chi connectivity index (χ1) is 14.8. The lowest BCUT2D eigenvalue weighted by atomic mass is 9.80. The zero-order chi connectivity index (χ0) is 22.1. The van der Waals surface area contributed by atoms with Crippen molar-refractivity contribution in [1.82, 2.24) is 5.32 Å². The Morgan fingerprint density at radius 2 is 1.90 bits per heavy atom. The normalized spacial score (nSPS) is 28.4. The Labute approximate surface area is 184 Å². The molecule has 1 aromatic rings. The first kappa shape index (κ1) is 22.3. The molecule has 170 valence electrons. The molecule has 5 nitrogen and oxygen atoms in total. The molecule has 0 radical (unpaired) electrons. The standard InChI is InChI=1S/C24H33FN2O3S/c1-18(27-20-3-2-4-20)24-11-9-23(16-24,10-12-24)17-31(28,29)22-7-5-21(6-8-22)30-15-19(13-25)14-26/h5-8,13,20,27H,1-4,9-12,14-17,26H2/b19-13+. The van der Waals surface area contributed by atoms with Crippen molar-refractivity contribution in [3.8, 4) is 5.75 Å². The van der Waals surface area contributed by atoms with E-state index in [1.807, 2.05) is 0 Å². The highest BCUT2D eigenvalue weighted by Crippen LogP contribution is 2.64. The maximum atomic E-state index is 13.2. The van der Waals surface area contributed by atoms with E-state index in [4.69, 9.17) is 10.5 Å². The van der Waals surface area contributed by atoms with Crippen molar-refractivity contribution in [2.24, 2.45) is 16.6 Å². The van der Waals surface area contributed by atoms with Crippen LogP contribution in [0.25, 0.3) is 0 Å². The van der Waals surface area contributed by atoms with Gasteiger partial charge < -0.3 is 15.8 Å². The summed E-state index contributed by atoms with van der Waals surface area (Å²) in [7, 11) is -3.41. The Balaban J connectivity index is 1.39. The molecule has 2 bridgehead atoms.